The fourth-order valence-electron chi connectivity index (χ4n) is 3.21. The van der Waals surface area contributed by atoms with Gasteiger partial charge in [0.05, 0.1) is 5.56 Å². The van der Waals surface area contributed by atoms with Crippen LogP contribution in [0.3, 0.4) is 0 Å². The van der Waals surface area contributed by atoms with Crippen molar-refractivity contribution in [3.63, 3.8) is 0 Å². The molecule has 0 aliphatic carbocycles. The molecule has 29 heavy (non-hydrogen) atoms. The Morgan fingerprint density at radius 3 is 2.00 bits per heavy atom. The van der Waals surface area contributed by atoms with Gasteiger partial charge in [-0.25, -0.2) is 0 Å². The monoisotopic (exact) mass is 403 g/mol. The van der Waals surface area contributed by atoms with Gasteiger partial charge in [-0.15, -0.1) is 0 Å². The molecule has 3 rings (SSSR count). The quantitative estimate of drug-likeness (QED) is 0.770. The zero-order chi connectivity index (χ0) is 21.0. The number of halogens is 2. The Bertz CT molecular complexity index is 864. The van der Waals surface area contributed by atoms with Gasteiger partial charge in [-0.05, 0) is 36.4 Å². The van der Waals surface area contributed by atoms with E-state index in [9.17, 15) is 18.4 Å². The van der Waals surface area contributed by atoms with Crippen LogP contribution in [0, 0.1) is 0 Å². The van der Waals surface area contributed by atoms with Crippen molar-refractivity contribution in [2.24, 2.45) is 0 Å². The smallest absolute Gasteiger partial charge is 0.387 e. The first kappa shape index (κ1) is 20.6. The van der Waals surface area contributed by atoms with Crippen LogP contribution in [0.5, 0.6) is 5.75 Å². The molecule has 1 fully saturated rings. The molecule has 0 atom stereocenters. The van der Waals surface area contributed by atoms with Crippen molar-refractivity contribution in [2.75, 3.05) is 45.2 Å². The van der Waals surface area contributed by atoms with Crippen molar-refractivity contribution in [3.8, 4) is 5.75 Å². The number of anilines is 1. The number of carbonyl (C=O) groups is 2. The predicted molar refractivity (Wildman–Crippen MR) is 106 cm³/mol. The number of carbonyl (C=O) groups excluding carboxylic acids is 2. The van der Waals surface area contributed by atoms with E-state index in [2.05, 4.69) is 4.74 Å². The first-order chi connectivity index (χ1) is 13.9. The molecule has 0 radical (unpaired) electrons. The zero-order valence-corrected chi connectivity index (χ0v) is 16.3. The number of hydrogen-bond acceptors (Lipinski definition) is 4. The Hall–Kier alpha value is -3.16. The molecule has 0 bridgehead atoms. The van der Waals surface area contributed by atoms with Gasteiger partial charge in [-0.1, -0.05) is 12.1 Å². The summed E-state index contributed by atoms with van der Waals surface area (Å²) in [5.41, 5.74) is 1.68. The zero-order valence-electron chi connectivity index (χ0n) is 16.3. The molecule has 0 unspecified atom stereocenters. The van der Waals surface area contributed by atoms with Gasteiger partial charge in [-0.3, -0.25) is 9.59 Å². The molecule has 6 nitrogen and oxygen atoms in total. The molecule has 1 aliphatic rings. The van der Waals surface area contributed by atoms with Crippen LogP contribution in [0.15, 0.2) is 48.5 Å². The third-order valence-electron chi connectivity index (χ3n) is 4.82. The number of alkyl halides is 2. The molecule has 0 N–H and O–H groups in total. The molecule has 2 amide bonds. The summed E-state index contributed by atoms with van der Waals surface area (Å²) in [6, 6.07) is 13.3. The van der Waals surface area contributed by atoms with Crippen LogP contribution < -0.4 is 9.64 Å². The molecule has 0 saturated carbocycles. The third kappa shape index (κ3) is 4.82. The Morgan fingerprint density at radius 1 is 0.897 bits per heavy atom. The number of benzene rings is 2. The van der Waals surface area contributed by atoms with Crippen molar-refractivity contribution in [2.45, 2.75) is 6.61 Å². The summed E-state index contributed by atoms with van der Waals surface area (Å²) < 4.78 is 29.6. The van der Waals surface area contributed by atoms with E-state index < -0.39 is 6.61 Å². The lowest BCUT2D eigenvalue weighted by molar-refractivity contribution is -0.0503. The van der Waals surface area contributed by atoms with Gasteiger partial charge in [0.2, 0.25) is 0 Å². The summed E-state index contributed by atoms with van der Waals surface area (Å²) in [6.45, 7) is -1.61. The van der Waals surface area contributed by atoms with Gasteiger partial charge in [0.15, 0.2) is 0 Å². The van der Waals surface area contributed by atoms with E-state index in [1.807, 2.05) is 31.1 Å². The lowest BCUT2D eigenvalue weighted by Crippen LogP contribution is -2.50. The number of piperazine rings is 1. The molecule has 1 aliphatic heterocycles. The Morgan fingerprint density at radius 2 is 1.45 bits per heavy atom. The summed E-state index contributed by atoms with van der Waals surface area (Å²) in [4.78, 5) is 30.6. The van der Waals surface area contributed by atoms with Crippen molar-refractivity contribution in [1.82, 2.24) is 9.80 Å². The summed E-state index contributed by atoms with van der Waals surface area (Å²) in [5, 5.41) is 0. The average molecular weight is 403 g/mol. The highest BCUT2D eigenvalue weighted by molar-refractivity contribution is 5.97. The normalized spacial score (nSPS) is 14.1. The van der Waals surface area contributed by atoms with Crippen LogP contribution >= 0.6 is 0 Å². The van der Waals surface area contributed by atoms with Crippen LogP contribution in [-0.4, -0.2) is 68.5 Å². The van der Waals surface area contributed by atoms with Gasteiger partial charge >= 0.3 is 6.61 Å². The van der Waals surface area contributed by atoms with Crippen molar-refractivity contribution < 1.29 is 23.1 Å². The maximum absolute atomic E-state index is 12.7. The molecule has 154 valence electrons. The van der Waals surface area contributed by atoms with Gasteiger partial charge in [0.1, 0.15) is 5.75 Å². The lowest BCUT2D eigenvalue weighted by Gasteiger charge is -2.35. The maximum Gasteiger partial charge on any atom is 0.387 e. The van der Waals surface area contributed by atoms with Gasteiger partial charge in [-0.2, -0.15) is 8.78 Å². The highest BCUT2D eigenvalue weighted by Crippen LogP contribution is 2.23. The van der Waals surface area contributed by atoms with E-state index in [1.165, 1.54) is 18.2 Å². The van der Waals surface area contributed by atoms with Gasteiger partial charge in [0.25, 0.3) is 11.8 Å². The number of nitrogens with zero attached hydrogens (tertiary/aromatic N) is 3. The van der Waals surface area contributed by atoms with E-state index in [-0.39, 0.29) is 23.1 Å². The molecular weight excluding hydrogens is 380 g/mol. The second-order valence-corrected chi connectivity index (χ2v) is 6.90. The summed E-state index contributed by atoms with van der Waals surface area (Å²) in [7, 11) is 3.86. The Balaban J connectivity index is 1.63. The minimum absolute atomic E-state index is 0.0897. The minimum atomic E-state index is -3.00. The Kier molecular flexibility index (Phi) is 6.31. The number of rotatable bonds is 5. The van der Waals surface area contributed by atoms with Gasteiger partial charge < -0.3 is 19.4 Å². The average Bonchev–Trinajstić information content (AvgIpc) is 2.73. The molecule has 2 aromatic carbocycles. The second-order valence-electron chi connectivity index (χ2n) is 6.90. The fraction of sp³-hybridized carbons (Fsp3) is 0.333. The fourth-order valence-corrected chi connectivity index (χ4v) is 3.21. The first-order valence-corrected chi connectivity index (χ1v) is 9.26. The molecule has 2 aromatic rings. The van der Waals surface area contributed by atoms with Crippen molar-refractivity contribution in [1.29, 1.82) is 0 Å². The number of amides is 2. The van der Waals surface area contributed by atoms with E-state index in [0.717, 1.165) is 5.69 Å². The molecular formula is C21H23F2N3O3. The standard InChI is InChI=1S/C21H23F2N3O3/c1-24(2)16-9-7-15(8-10-16)19(27)25-11-13-26(14-12-25)20(28)17-5-3-4-6-18(17)29-21(22)23/h3-10,21H,11-14H2,1-2H3. The summed E-state index contributed by atoms with van der Waals surface area (Å²) in [6.07, 6.45) is 0. The van der Waals surface area contributed by atoms with Gasteiger partial charge in [0, 0.05) is 51.5 Å². The minimum Gasteiger partial charge on any atom is -0.434 e. The third-order valence-corrected chi connectivity index (χ3v) is 4.82. The number of ether oxygens (including phenoxy) is 1. The van der Waals surface area contributed by atoms with Crippen LogP contribution in [0.25, 0.3) is 0 Å². The highest BCUT2D eigenvalue weighted by atomic mass is 19.3. The van der Waals surface area contributed by atoms with E-state index >= 15 is 0 Å². The molecule has 1 heterocycles. The first-order valence-electron chi connectivity index (χ1n) is 9.26. The molecule has 0 aromatic heterocycles. The lowest BCUT2D eigenvalue weighted by atomic mass is 10.1. The topological polar surface area (TPSA) is 53.1 Å². The number of para-hydroxylation sites is 1. The van der Waals surface area contributed by atoms with Crippen LogP contribution in [0.1, 0.15) is 20.7 Å². The maximum atomic E-state index is 12.7. The highest BCUT2D eigenvalue weighted by Gasteiger charge is 2.27. The largest absolute Gasteiger partial charge is 0.434 e. The molecule has 0 spiro atoms. The van der Waals surface area contributed by atoms with Crippen molar-refractivity contribution in [3.05, 3.63) is 59.7 Å². The van der Waals surface area contributed by atoms with Crippen molar-refractivity contribution >= 4 is 17.5 Å². The number of hydrogen-bond donors (Lipinski definition) is 0. The summed E-state index contributed by atoms with van der Waals surface area (Å²) >= 11 is 0. The summed E-state index contributed by atoms with van der Waals surface area (Å²) in [5.74, 6) is -0.625. The van der Waals surface area contributed by atoms with Crippen LogP contribution in [0.4, 0.5) is 14.5 Å². The van der Waals surface area contributed by atoms with E-state index in [1.54, 1.807) is 28.0 Å². The van der Waals surface area contributed by atoms with E-state index in [0.29, 0.717) is 31.7 Å². The predicted octanol–water partition coefficient (Wildman–Crippen LogP) is 2.95. The Labute approximate surface area is 168 Å². The van der Waals surface area contributed by atoms with E-state index in [4.69, 9.17) is 0 Å². The SMILES string of the molecule is CN(C)c1ccc(C(=O)N2CCN(C(=O)c3ccccc3OC(F)F)CC2)cc1. The molecule has 1 saturated heterocycles. The van der Waals surface area contributed by atoms with Crippen LogP contribution in [-0.2, 0) is 0 Å². The molecule has 8 heteroatoms. The van der Waals surface area contributed by atoms with Crippen LogP contribution in [0.2, 0.25) is 0 Å². The second kappa shape index (κ2) is 8.89.